The number of aromatic nitrogens is 10. The molecule has 0 fully saturated rings. The molecule has 0 bridgehead atoms. The first-order valence-corrected chi connectivity index (χ1v) is 38.4. The average molecular weight is 1460 g/mol. The van der Waals surface area contributed by atoms with Gasteiger partial charge in [-0.05, 0) is 149 Å². The fourth-order valence-corrected chi connectivity index (χ4v) is 6.46. The van der Waals surface area contributed by atoms with E-state index in [0.29, 0.717) is 0 Å². The Morgan fingerprint density at radius 1 is 0.283 bits per heavy atom. The Hall–Kier alpha value is -9.52. The van der Waals surface area contributed by atoms with Crippen LogP contribution in [0.3, 0.4) is 0 Å². The van der Waals surface area contributed by atoms with E-state index >= 15 is 0 Å². The molecule has 14 rings (SSSR count). The van der Waals surface area contributed by atoms with Crippen molar-refractivity contribution in [2.75, 3.05) is 0 Å². The van der Waals surface area contributed by atoms with Crippen LogP contribution < -0.4 is 0 Å². The summed E-state index contributed by atoms with van der Waals surface area (Å²) in [6, 6.07) is 71.7. The minimum Gasteiger partial charge on any atom is -0.361 e. The third-order valence-electron chi connectivity index (χ3n) is 9.13. The second kappa shape index (κ2) is 73.8. The van der Waals surface area contributed by atoms with Crippen LogP contribution in [-0.2, 0) is 0 Å². The summed E-state index contributed by atoms with van der Waals surface area (Å²) in [4.78, 5) is 22.6. The Bertz CT molecular complexity index is 3190. The Morgan fingerprint density at radius 2 is 0.642 bits per heavy atom. The number of hydrogen-bond acceptors (Lipinski definition) is 10. The first kappa shape index (κ1) is 103. The first-order chi connectivity index (χ1) is 50.4. The van der Waals surface area contributed by atoms with Crippen LogP contribution in [0, 0.1) is 53.3 Å². The van der Waals surface area contributed by atoms with Gasteiger partial charge in [-0.1, -0.05) is 332 Å². The van der Waals surface area contributed by atoms with Gasteiger partial charge in [-0.15, -0.1) is 0 Å². The zero-order chi connectivity index (χ0) is 80.4. The molecule has 0 unspecified atom stereocenters. The summed E-state index contributed by atoms with van der Waals surface area (Å²) in [6.07, 6.45) is 21.0. The fourth-order valence-electron chi connectivity index (χ4n) is 5.81. The average Bonchev–Trinajstić information content (AvgIpc) is 1.59. The summed E-state index contributed by atoms with van der Waals surface area (Å²) in [5.41, 5.74) is 4.17. The van der Waals surface area contributed by atoms with E-state index in [4.69, 9.17) is 4.52 Å². The van der Waals surface area contributed by atoms with Gasteiger partial charge < -0.3 is 9.51 Å². The molecule has 14 aromatic rings. The largest absolute Gasteiger partial charge is 0.361 e. The molecule has 0 spiro atoms. The van der Waals surface area contributed by atoms with E-state index in [1.165, 1.54) is 49.6 Å². The summed E-state index contributed by atoms with van der Waals surface area (Å²) in [7, 11) is 0. The maximum absolute atomic E-state index is 4.87. The Kier molecular flexibility index (Phi) is 71.6. The number of H-pyrrole nitrogens is 2. The maximum Gasteiger partial charge on any atom is 0.166 e. The molecule has 0 radical (unpaired) electrons. The molecular weight excluding hydrogens is 1320 g/mol. The lowest BCUT2D eigenvalue weighted by atomic mass is 10.2. The molecule has 0 amide bonds. The van der Waals surface area contributed by atoms with Gasteiger partial charge in [0.15, 0.2) is 5.58 Å². The second-order valence-corrected chi connectivity index (χ2v) is 30.5. The molecule has 11 nitrogen and oxygen atoms in total. The summed E-state index contributed by atoms with van der Waals surface area (Å²) < 4.78 is 10.2. The highest BCUT2D eigenvalue weighted by Gasteiger charge is 1.93. The first-order valence-electron chi connectivity index (χ1n) is 37.6. The third-order valence-corrected chi connectivity index (χ3v) is 9.91. The van der Waals surface area contributed by atoms with Gasteiger partial charge in [0.05, 0.1) is 21.9 Å². The Balaban J connectivity index is -0.000000527. The van der Waals surface area contributed by atoms with E-state index < -0.39 is 0 Å². The van der Waals surface area contributed by atoms with Crippen LogP contribution >= 0.6 is 11.5 Å². The van der Waals surface area contributed by atoms with Crippen molar-refractivity contribution < 1.29 is 4.52 Å². The topological polar surface area (TPSA) is 148 Å². The highest BCUT2D eigenvalue weighted by Crippen LogP contribution is 2.16. The zero-order valence-corrected chi connectivity index (χ0v) is 71.1. The van der Waals surface area contributed by atoms with E-state index in [2.05, 4.69) is 291 Å². The van der Waals surface area contributed by atoms with Crippen LogP contribution in [0.4, 0.5) is 0 Å². The lowest BCUT2D eigenvalue weighted by Crippen LogP contribution is -1.73. The van der Waals surface area contributed by atoms with Gasteiger partial charge in [0.25, 0.3) is 0 Å². The summed E-state index contributed by atoms with van der Waals surface area (Å²) in [6.45, 7) is 58.5. The van der Waals surface area contributed by atoms with E-state index in [1.807, 2.05) is 183 Å². The minimum atomic E-state index is 0.833. The number of aromatic amines is 2. The van der Waals surface area contributed by atoms with Crippen LogP contribution in [0.1, 0.15) is 187 Å². The molecule has 0 aliphatic rings. The van der Waals surface area contributed by atoms with Gasteiger partial charge in [0.1, 0.15) is 6.33 Å². The van der Waals surface area contributed by atoms with Crippen molar-refractivity contribution in [3.63, 3.8) is 0 Å². The van der Waals surface area contributed by atoms with Crippen molar-refractivity contribution in [2.45, 2.75) is 187 Å². The Labute approximate surface area is 648 Å². The van der Waals surface area contributed by atoms with Gasteiger partial charge in [-0.3, -0.25) is 20.1 Å². The molecule has 0 saturated heterocycles. The lowest BCUT2D eigenvalue weighted by Gasteiger charge is -1.91. The highest BCUT2D eigenvalue weighted by atomic mass is 32.1. The molecular formula is C94H140N10OS. The summed E-state index contributed by atoms with van der Waals surface area (Å²) in [5.74, 6) is 7.50. The van der Waals surface area contributed by atoms with Gasteiger partial charge in [0.2, 0.25) is 0 Å². The molecule has 0 aliphatic carbocycles. The van der Waals surface area contributed by atoms with Crippen molar-refractivity contribution in [1.29, 1.82) is 0 Å². The predicted molar refractivity (Wildman–Crippen MR) is 471 cm³/mol. The van der Waals surface area contributed by atoms with Crippen LogP contribution in [0.5, 0.6) is 0 Å². The third kappa shape index (κ3) is 81.8. The molecule has 106 heavy (non-hydrogen) atoms. The van der Waals surface area contributed by atoms with E-state index in [9.17, 15) is 0 Å². The highest BCUT2D eigenvalue weighted by molar-refractivity contribution is 7.13. The van der Waals surface area contributed by atoms with Crippen molar-refractivity contribution in [3.8, 4) is 0 Å². The summed E-state index contributed by atoms with van der Waals surface area (Å²) >= 11 is 1.54. The smallest absolute Gasteiger partial charge is 0.166 e. The number of pyridine rings is 3. The zero-order valence-electron chi connectivity index (χ0n) is 70.3. The van der Waals surface area contributed by atoms with Crippen LogP contribution in [0.25, 0.3) is 53.8 Å². The van der Waals surface area contributed by atoms with Crippen LogP contribution in [-0.4, -0.2) is 49.6 Å². The predicted octanol–water partition coefficient (Wildman–Crippen LogP) is 29.4. The minimum absolute atomic E-state index is 0.833. The van der Waals surface area contributed by atoms with Gasteiger partial charge >= 0.3 is 0 Å². The standard InChI is InChI=1S/2C9H7N.C8H7N.C7H5NO.C7H5NS.C6H6.C5H5N.C4H4N2.9C4H10.C3H4N2/c2*1-2-6-9-8(4-1)5-3-7-10-9;1-2-4-8-7(3-1)5-6-9-8;2*1-2-4-7-6(3-1)5-8-9-7;2*1-2-4-6-5-3-1;1-2-5-4-6-3-1;9*1-4(2)3;1-2-4-5-3-1/h2*1-7H;1-6,9H;2*1-5H;1-6H;1-5H;1-4H;9*4H,1-3H3;1-3H,(H,4,5). The number of rotatable bonds is 0. The van der Waals surface area contributed by atoms with Crippen LogP contribution in [0.2, 0.25) is 0 Å². The number of nitrogens with zero attached hydrogens (tertiary/aromatic N) is 8. The molecule has 6 aromatic carbocycles. The van der Waals surface area contributed by atoms with E-state index in [1.54, 1.807) is 49.4 Å². The van der Waals surface area contributed by atoms with Gasteiger partial charge in [0, 0.05) is 89.0 Å². The maximum atomic E-state index is 4.87. The lowest BCUT2D eigenvalue weighted by molar-refractivity contribution is 0.456. The van der Waals surface area contributed by atoms with Gasteiger partial charge in [-0.25, -0.2) is 9.97 Å². The molecule has 12 heteroatoms. The molecule has 0 aliphatic heterocycles. The van der Waals surface area contributed by atoms with E-state index in [-0.39, 0.29) is 0 Å². The number of hydrogen-bond donors (Lipinski definition) is 2. The summed E-state index contributed by atoms with van der Waals surface area (Å²) in [5, 5.41) is 15.8. The van der Waals surface area contributed by atoms with E-state index in [0.717, 1.165) is 75.3 Å². The van der Waals surface area contributed by atoms with Crippen LogP contribution in [0.15, 0.2) is 297 Å². The quantitative estimate of drug-likeness (QED) is 0.151. The number of benzene rings is 6. The fraction of sp³-hybridized carbons (Fsp3) is 0.383. The number of para-hydroxylation sites is 4. The van der Waals surface area contributed by atoms with Crippen molar-refractivity contribution in [2.24, 2.45) is 53.3 Å². The SMILES string of the molecule is CC(C)C.CC(C)C.CC(C)C.CC(C)C.CC(C)C.CC(C)C.CC(C)C.CC(C)C.CC(C)C.c1ccc2[nH]ccc2c1.c1ccc2ncccc2c1.c1ccc2ncccc2c1.c1ccc2oncc2c1.c1ccc2sncc2c1.c1ccccc1.c1ccncc1.c1cn[nH]c1.c1cncnc1. The number of nitrogens with one attached hydrogen (secondary N) is 2. The van der Waals surface area contributed by atoms with Crippen molar-refractivity contribution in [1.82, 2.24) is 49.6 Å². The molecule has 2 N–H and O–H groups in total. The molecule has 578 valence electrons. The number of fused-ring (bicyclic) bond motifs is 5. The molecule has 0 atom stereocenters. The molecule has 8 heterocycles. The van der Waals surface area contributed by atoms with Crippen molar-refractivity contribution >= 4 is 65.3 Å². The second-order valence-electron chi connectivity index (χ2n) is 29.6. The van der Waals surface area contributed by atoms with Crippen molar-refractivity contribution in [3.05, 3.63) is 293 Å². The Morgan fingerprint density at radius 3 is 0.962 bits per heavy atom. The molecule has 0 saturated carbocycles. The van der Waals surface area contributed by atoms with Gasteiger partial charge in [-0.2, -0.15) is 9.47 Å². The normalized spacial score (nSPS) is 9.28. The molecule has 8 aromatic heterocycles. The monoisotopic (exact) mass is 1460 g/mol.